The number of hydrogen-bond acceptors (Lipinski definition) is 6. The lowest BCUT2D eigenvalue weighted by molar-refractivity contribution is -0.126. The zero-order chi connectivity index (χ0) is 24.0. The summed E-state index contributed by atoms with van der Waals surface area (Å²) in [5.41, 5.74) is 3.03. The van der Waals surface area contributed by atoms with Crippen LogP contribution in [0.15, 0.2) is 71.2 Å². The normalized spacial score (nSPS) is 21.8. The fourth-order valence-corrected chi connectivity index (χ4v) is 5.07. The summed E-state index contributed by atoms with van der Waals surface area (Å²) in [4.78, 5) is 34.5. The van der Waals surface area contributed by atoms with E-state index in [2.05, 4.69) is 15.9 Å². The van der Waals surface area contributed by atoms with E-state index in [1.54, 1.807) is 29.3 Å². The van der Waals surface area contributed by atoms with Crippen molar-refractivity contribution in [2.24, 2.45) is 5.92 Å². The first-order chi connectivity index (χ1) is 16.4. The molecule has 0 saturated carbocycles. The van der Waals surface area contributed by atoms with E-state index in [-0.39, 0.29) is 17.4 Å². The number of imide groups is 1. The van der Waals surface area contributed by atoms with Crippen molar-refractivity contribution in [3.8, 4) is 11.5 Å². The minimum atomic E-state index is -0.970. The number of phenolic OH excluding ortho intramolecular Hbond substituents is 1. The van der Waals surface area contributed by atoms with Crippen LogP contribution in [0.3, 0.4) is 0 Å². The molecule has 174 valence electrons. The molecule has 34 heavy (non-hydrogen) atoms. The van der Waals surface area contributed by atoms with Crippen LogP contribution in [0.5, 0.6) is 11.5 Å². The number of methoxy groups -OCH3 is 1. The van der Waals surface area contributed by atoms with Crippen LogP contribution in [-0.2, 0) is 20.8 Å². The van der Waals surface area contributed by atoms with Crippen LogP contribution in [-0.4, -0.2) is 30.1 Å². The van der Waals surface area contributed by atoms with Gasteiger partial charge in [0.25, 0.3) is 5.91 Å². The van der Waals surface area contributed by atoms with Gasteiger partial charge in [-0.25, -0.2) is 9.96 Å². The van der Waals surface area contributed by atoms with Gasteiger partial charge in [0.2, 0.25) is 5.91 Å². The maximum atomic E-state index is 13.7. The lowest BCUT2D eigenvalue weighted by Gasteiger charge is -2.29. The maximum absolute atomic E-state index is 13.7. The topological polar surface area (TPSA) is 79.3 Å². The van der Waals surface area contributed by atoms with Gasteiger partial charge in [-0.2, -0.15) is 0 Å². The third-order valence-corrected chi connectivity index (χ3v) is 6.95. The Morgan fingerprint density at radius 2 is 1.71 bits per heavy atom. The van der Waals surface area contributed by atoms with Crippen LogP contribution in [0.25, 0.3) is 0 Å². The largest absolute Gasteiger partial charge is 0.503 e. The van der Waals surface area contributed by atoms with Gasteiger partial charge in [-0.1, -0.05) is 37.3 Å². The molecule has 0 radical (unpaired) electrons. The molecule has 0 aliphatic carbocycles. The highest BCUT2D eigenvalue weighted by atomic mass is 79.9. The molecule has 5 rings (SSSR count). The lowest BCUT2D eigenvalue weighted by atomic mass is 9.90. The number of phenols is 1. The first-order valence-corrected chi connectivity index (χ1v) is 11.8. The zero-order valence-electron chi connectivity index (χ0n) is 18.6. The number of ether oxygens (including phenoxy) is 1. The number of para-hydroxylation sites is 1. The Morgan fingerprint density at radius 3 is 2.35 bits per heavy atom. The summed E-state index contributed by atoms with van der Waals surface area (Å²) in [6.07, 6.45) is -0.107. The molecule has 7 nitrogen and oxygen atoms in total. The highest BCUT2D eigenvalue weighted by Gasteiger charge is 2.60. The number of hydrogen-bond donors (Lipinski definition) is 1. The molecule has 0 spiro atoms. The van der Waals surface area contributed by atoms with E-state index >= 15 is 0 Å². The summed E-state index contributed by atoms with van der Waals surface area (Å²) in [6, 6.07) is 19.5. The number of halogens is 1. The van der Waals surface area contributed by atoms with E-state index in [0.717, 1.165) is 12.0 Å². The molecule has 2 aliphatic rings. The number of benzene rings is 3. The van der Waals surface area contributed by atoms with Crippen molar-refractivity contribution in [2.45, 2.75) is 25.5 Å². The van der Waals surface area contributed by atoms with Crippen molar-refractivity contribution in [1.82, 2.24) is 0 Å². The predicted molar refractivity (Wildman–Crippen MR) is 131 cm³/mol. The van der Waals surface area contributed by atoms with Gasteiger partial charge in [0.05, 0.1) is 29.0 Å². The molecule has 3 atom stereocenters. The maximum Gasteiger partial charge on any atom is 0.266 e. The summed E-state index contributed by atoms with van der Waals surface area (Å²) >= 11 is 3.37. The van der Waals surface area contributed by atoms with E-state index in [0.29, 0.717) is 21.4 Å². The monoisotopic (exact) mass is 522 g/mol. The second-order valence-electron chi connectivity index (χ2n) is 8.24. The van der Waals surface area contributed by atoms with E-state index in [1.807, 2.05) is 49.4 Å². The molecule has 0 bridgehead atoms. The van der Waals surface area contributed by atoms with Crippen molar-refractivity contribution in [3.63, 3.8) is 0 Å². The highest BCUT2D eigenvalue weighted by Crippen LogP contribution is 2.49. The number of hydroxylamine groups is 1. The van der Waals surface area contributed by atoms with E-state index < -0.39 is 24.0 Å². The minimum Gasteiger partial charge on any atom is -0.503 e. The molecular weight excluding hydrogens is 500 g/mol. The summed E-state index contributed by atoms with van der Waals surface area (Å²) in [5.74, 6) is -1.29. The molecule has 0 unspecified atom stereocenters. The second-order valence-corrected chi connectivity index (χ2v) is 9.10. The van der Waals surface area contributed by atoms with E-state index in [4.69, 9.17) is 9.57 Å². The van der Waals surface area contributed by atoms with Crippen LogP contribution in [0.2, 0.25) is 0 Å². The summed E-state index contributed by atoms with van der Waals surface area (Å²) in [5, 5.41) is 11.9. The molecule has 2 fully saturated rings. The number of aryl methyl sites for hydroxylation is 1. The average Bonchev–Trinajstić information content (AvgIpc) is 3.37. The first-order valence-electron chi connectivity index (χ1n) is 11.0. The van der Waals surface area contributed by atoms with Gasteiger partial charge in [0.15, 0.2) is 17.6 Å². The van der Waals surface area contributed by atoms with Crippen molar-refractivity contribution in [3.05, 3.63) is 82.3 Å². The van der Waals surface area contributed by atoms with Crippen molar-refractivity contribution in [1.29, 1.82) is 0 Å². The van der Waals surface area contributed by atoms with Gasteiger partial charge in [-0.3, -0.25) is 14.4 Å². The first kappa shape index (κ1) is 22.4. The quantitative estimate of drug-likeness (QED) is 0.486. The van der Waals surface area contributed by atoms with Gasteiger partial charge in [-0.05, 0) is 69.9 Å². The second kappa shape index (κ2) is 8.77. The van der Waals surface area contributed by atoms with Gasteiger partial charge in [0.1, 0.15) is 5.92 Å². The Labute approximate surface area is 205 Å². The van der Waals surface area contributed by atoms with Crippen molar-refractivity contribution in [2.75, 3.05) is 17.1 Å². The Hall–Kier alpha value is -3.36. The summed E-state index contributed by atoms with van der Waals surface area (Å²) < 4.78 is 5.76. The zero-order valence-corrected chi connectivity index (χ0v) is 20.2. The summed E-state index contributed by atoms with van der Waals surface area (Å²) in [7, 11) is 1.46. The molecular formula is C26H23BrN2O5. The number of nitrogens with zero attached hydrogens (tertiary/aromatic N) is 2. The molecule has 2 saturated heterocycles. The third-order valence-electron chi connectivity index (χ3n) is 6.34. The standard InChI is InChI=1S/C26H23BrN2O5/c1-3-15-9-11-17(12-10-15)28-25(31)21-22(16-13-19(27)23(30)20(14-16)33-2)29(34-24(21)26(28)32)18-7-5-4-6-8-18/h4-14,21-22,24,30H,3H2,1-2H3/t21-,22-,24+/m0/s1. The average molecular weight is 523 g/mol. The van der Waals surface area contributed by atoms with Gasteiger partial charge < -0.3 is 9.84 Å². The number of amides is 2. The number of carbonyl (C=O) groups is 2. The fraction of sp³-hybridized carbons (Fsp3) is 0.231. The minimum absolute atomic E-state index is 0.0422. The molecule has 2 heterocycles. The highest BCUT2D eigenvalue weighted by molar-refractivity contribution is 9.10. The van der Waals surface area contributed by atoms with Gasteiger partial charge >= 0.3 is 0 Å². The number of rotatable bonds is 5. The molecule has 3 aromatic carbocycles. The van der Waals surface area contributed by atoms with Crippen LogP contribution in [0.1, 0.15) is 24.1 Å². The fourth-order valence-electron chi connectivity index (χ4n) is 4.61. The van der Waals surface area contributed by atoms with Crippen molar-refractivity contribution >= 4 is 39.1 Å². The van der Waals surface area contributed by atoms with Crippen molar-refractivity contribution < 1.29 is 24.3 Å². The Kier molecular flexibility index (Phi) is 5.79. The number of carbonyl (C=O) groups excluding carboxylic acids is 2. The molecule has 3 aromatic rings. The van der Waals surface area contributed by atoms with Gasteiger partial charge in [0, 0.05) is 0 Å². The predicted octanol–water partition coefficient (Wildman–Crippen LogP) is 4.78. The van der Waals surface area contributed by atoms with Gasteiger partial charge in [-0.15, -0.1) is 0 Å². The van der Waals surface area contributed by atoms with Crippen LogP contribution < -0.4 is 14.7 Å². The van der Waals surface area contributed by atoms with Crippen LogP contribution >= 0.6 is 15.9 Å². The van der Waals surface area contributed by atoms with Crippen LogP contribution in [0.4, 0.5) is 11.4 Å². The smallest absolute Gasteiger partial charge is 0.266 e. The Bertz CT molecular complexity index is 1250. The molecule has 2 aliphatic heterocycles. The number of aromatic hydroxyl groups is 1. The number of anilines is 2. The number of fused-ring (bicyclic) bond motifs is 1. The Morgan fingerprint density at radius 1 is 1.00 bits per heavy atom. The van der Waals surface area contributed by atoms with E-state index in [9.17, 15) is 14.7 Å². The third kappa shape index (κ3) is 3.54. The molecule has 0 aromatic heterocycles. The SMILES string of the molecule is CCc1ccc(N2C(=O)[C@@H]3[C@@H](ON(c4ccccc4)[C@H]3c3cc(Br)c(O)c(OC)c3)C2=O)cc1. The van der Waals surface area contributed by atoms with E-state index in [1.165, 1.54) is 12.0 Å². The molecule has 8 heteroatoms. The lowest BCUT2D eigenvalue weighted by Crippen LogP contribution is -2.37. The molecule has 2 amide bonds. The van der Waals surface area contributed by atoms with Crippen LogP contribution in [0, 0.1) is 5.92 Å². The molecule has 1 N–H and O–H groups in total. The Balaban J connectivity index is 1.60. The summed E-state index contributed by atoms with van der Waals surface area (Å²) in [6.45, 7) is 2.05.